The van der Waals surface area contributed by atoms with E-state index in [1.54, 1.807) is 16.2 Å². The van der Waals surface area contributed by atoms with Crippen LogP contribution >= 0.6 is 11.3 Å². The van der Waals surface area contributed by atoms with Crippen LogP contribution in [0.2, 0.25) is 0 Å². The summed E-state index contributed by atoms with van der Waals surface area (Å²) < 4.78 is 17.1. The average molecular weight is 410 g/mol. The molecule has 29 heavy (non-hydrogen) atoms. The van der Waals surface area contributed by atoms with Gasteiger partial charge in [-0.3, -0.25) is 4.79 Å². The Morgan fingerprint density at radius 3 is 2.52 bits per heavy atom. The van der Waals surface area contributed by atoms with Crippen LogP contribution in [0.15, 0.2) is 53.9 Å². The fourth-order valence-corrected chi connectivity index (χ4v) is 4.01. The van der Waals surface area contributed by atoms with Gasteiger partial charge < -0.3 is 19.1 Å². The number of amides is 1. The van der Waals surface area contributed by atoms with E-state index in [1.165, 1.54) is 0 Å². The van der Waals surface area contributed by atoms with Crippen LogP contribution in [-0.2, 0) is 11.3 Å². The number of rotatable bonds is 6. The molecule has 1 aliphatic rings. The first kappa shape index (κ1) is 19.3. The van der Waals surface area contributed by atoms with Crippen molar-refractivity contribution in [2.75, 3.05) is 24.7 Å². The highest BCUT2D eigenvalue weighted by Gasteiger charge is 2.21. The van der Waals surface area contributed by atoms with E-state index >= 15 is 0 Å². The van der Waals surface area contributed by atoms with Crippen LogP contribution in [0, 0.1) is 13.8 Å². The van der Waals surface area contributed by atoms with Gasteiger partial charge in [-0.1, -0.05) is 12.1 Å². The minimum absolute atomic E-state index is 0.0390. The number of benzene rings is 2. The molecule has 0 bridgehead atoms. The van der Waals surface area contributed by atoms with Gasteiger partial charge in [-0.15, -0.1) is 11.3 Å². The van der Waals surface area contributed by atoms with Crippen molar-refractivity contribution < 1.29 is 19.0 Å². The lowest BCUT2D eigenvalue weighted by Gasteiger charge is -2.25. The monoisotopic (exact) mass is 409 g/mol. The Morgan fingerprint density at radius 2 is 1.79 bits per heavy atom. The molecule has 1 amide bonds. The molecule has 2 aromatic carbocycles. The Hall–Kier alpha value is -2.99. The zero-order valence-electron chi connectivity index (χ0n) is 16.5. The van der Waals surface area contributed by atoms with Crippen molar-refractivity contribution in [3.63, 3.8) is 0 Å². The molecular weight excluding hydrogens is 386 g/mol. The third-order valence-corrected chi connectivity index (χ3v) is 5.45. The van der Waals surface area contributed by atoms with Crippen molar-refractivity contribution in [1.29, 1.82) is 0 Å². The van der Waals surface area contributed by atoms with Crippen LogP contribution in [-0.4, -0.2) is 25.7 Å². The second-order valence-electron chi connectivity index (χ2n) is 7.00. The molecule has 1 aromatic heterocycles. The van der Waals surface area contributed by atoms with Gasteiger partial charge in [-0.25, -0.2) is 0 Å². The summed E-state index contributed by atoms with van der Waals surface area (Å²) in [6.07, 6.45) is 0. The molecule has 0 spiro atoms. The summed E-state index contributed by atoms with van der Waals surface area (Å²) in [6, 6.07) is 15.6. The molecule has 0 N–H and O–H groups in total. The molecule has 0 saturated carbocycles. The van der Waals surface area contributed by atoms with Crippen molar-refractivity contribution in [2.45, 2.75) is 20.4 Å². The van der Waals surface area contributed by atoms with E-state index in [2.05, 4.69) is 6.07 Å². The SMILES string of the molecule is Cc1cc(C)cc(OCC(=O)N(Cc2cccs2)c2ccc3c(c2)OCCO3)c1. The Morgan fingerprint density at radius 1 is 1.03 bits per heavy atom. The highest BCUT2D eigenvalue weighted by molar-refractivity contribution is 7.09. The number of hydrogen-bond acceptors (Lipinski definition) is 5. The summed E-state index contributed by atoms with van der Waals surface area (Å²) in [6.45, 7) is 5.51. The van der Waals surface area contributed by atoms with Crippen molar-refractivity contribution >= 4 is 22.9 Å². The number of thiophene rings is 1. The van der Waals surface area contributed by atoms with E-state index in [-0.39, 0.29) is 12.5 Å². The van der Waals surface area contributed by atoms with Crippen molar-refractivity contribution in [3.05, 3.63) is 69.9 Å². The third kappa shape index (κ3) is 4.71. The molecule has 0 aliphatic carbocycles. The molecule has 0 unspecified atom stereocenters. The number of carbonyl (C=O) groups is 1. The highest BCUT2D eigenvalue weighted by Crippen LogP contribution is 2.34. The summed E-state index contributed by atoms with van der Waals surface area (Å²) in [7, 11) is 0. The maximum Gasteiger partial charge on any atom is 0.265 e. The van der Waals surface area contributed by atoms with Gasteiger partial charge in [-0.05, 0) is 60.7 Å². The third-order valence-electron chi connectivity index (χ3n) is 4.59. The number of carbonyl (C=O) groups excluding carboxylic acids is 1. The lowest BCUT2D eigenvalue weighted by molar-refractivity contribution is -0.120. The normalized spacial score (nSPS) is 12.5. The minimum Gasteiger partial charge on any atom is -0.486 e. The molecule has 0 saturated heterocycles. The van der Waals surface area contributed by atoms with E-state index < -0.39 is 0 Å². The maximum absolute atomic E-state index is 13.1. The van der Waals surface area contributed by atoms with Crippen LogP contribution in [0.25, 0.3) is 0 Å². The predicted octanol–water partition coefficient (Wildman–Crippen LogP) is 4.75. The van der Waals surface area contributed by atoms with E-state index in [9.17, 15) is 4.79 Å². The van der Waals surface area contributed by atoms with Crippen LogP contribution in [0.4, 0.5) is 5.69 Å². The van der Waals surface area contributed by atoms with E-state index in [0.717, 1.165) is 21.7 Å². The van der Waals surface area contributed by atoms with E-state index in [1.807, 2.05) is 61.7 Å². The Balaban J connectivity index is 1.55. The smallest absolute Gasteiger partial charge is 0.265 e. The minimum atomic E-state index is -0.116. The van der Waals surface area contributed by atoms with Gasteiger partial charge in [0.05, 0.1) is 6.54 Å². The molecular formula is C23H23NO4S. The lowest BCUT2D eigenvalue weighted by atomic mass is 10.1. The number of fused-ring (bicyclic) bond motifs is 1. The maximum atomic E-state index is 13.1. The molecule has 3 aromatic rings. The van der Waals surface area contributed by atoms with Gasteiger partial charge in [-0.2, -0.15) is 0 Å². The fraction of sp³-hybridized carbons (Fsp3) is 0.261. The molecule has 5 nitrogen and oxygen atoms in total. The number of anilines is 1. The topological polar surface area (TPSA) is 48.0 Å². The van der Waals surface area contributed by atoms with Gasteiger partial charge in [0, 0.05) is 16.6 Å². The van der Waals surface area contributed by atoms with Gasteiger partial charge in [0.2, 0.25) is 0 Å². The van der Waals surface area contributed by atoms with Crippen LogP contribution in [0.5, 0.6) is 17.2 Å². The summed E-state index contributed by atoms with van der Waals surface area (Å²) in [5, 5.41) is 2.01. The van der Waals surface area contributed by atoms with Gasteiger partial charge in [0.25, 0.3) is 5.91 Å². The summed E-state index contributed by atoms with van der Waals surface area (Å²) >= 11 is 1.62. The standard InChI is InChI=1S/C23H23NO4S/c1-16-10-17(2)12-19(11-16)28-15-23(25)24(14-20-4-3-9-29-20)18-5-6-21-22(13-18)27-8-7-26-21/h3-6,9-13H,7-8,14-15H2,1-2H3. The molecule has 150 valence electrons. The number of nitrogens with zero attached hydrogens (tertiary/aromatic N) is 1. The molecule has 2 heterocycles. The average Bonchev–Trinajstić information content (AvgIpc) is 3.22. The van der Waals surface area contributed by atoms with Crippen molar-refractivity contribution in [1.82, 2.24) is 0 Å². The van der Waals surface area contributed by atoms with Gasteiger partial charge in [0.15, 0.2) is 18.1 Å². The fourth-order valence-electron chi connectivity index (χ4n) is 3.32. The first-order valence-electron chi connectivity index (χ1n) is 9.52. The second kappa shape index (κ2) is 8.57. The zero-order valence-corrected chi connectivity index (χ0v) is 17.3. The van der Waals surface area contributed by atoms with Crippen molar-refractivity contribution in [2.24, 2.45) is 0 Å². The van der Waals surface area contributed by atoms with Crippen molar-refractivity contribution in [3.8, 4) is 17.2 Å². The number of aryl methyl sites for hydroxylation is 2. The molecule has 1 aliphatic heterocycles. The van der Waals surface area contributed by atoms with Crippen LogP contribution in [0.1, 0.15) is 16.0 Å². The van der Waals surface area contributed by atoms with Gasteiger partial charge >= 0.3 is 0 Å². The zero-order chi connectivity index (χ0) is 20.2. The Bertz CT molecular complexity index is 980. The molecule has 4 rings (SSSR count). The highest BCUT2D eigenvalue weighted by atomic mass is 32.1. The van der Waals surface area contributed by atoms with Crippen LogP contribution < -0.4 is 19.1 Å². The first-order chi connectivity index (χ1) is 14.1. The van der Waals surface area contributed by atoms with E-state index in [4.69, 9.17) is 14.2 Å². The first-order valence-corrected chi connectivity index (χ1v) is 10.4. The Kier molecular flexibility index (Phi) is 5.71. The Labute approximate surface area is 174 Å². The second-order valence-corrected chi connectivity index (χ2v) is 8.03. The largest absolute Gasteiger partial charge is 0.486 e. The summed E-state index contributed by atoms with van der Waals surface area (Å²) in [4.78, 5) is 15.9. The number of hydrogen-bond donors (Lipinski definition) is 0. The lowest BCUT2D eigenvalue weighted by Crippen LogP contribution is -2.34. The number of ether oxygens (including phenoxy) is 3. The molecule has 0 fully saturated rings. The van der Waals surface area contributed by atoms with Crippen LogP contribution in [0.3, 0.4) is 0 Å². The van der Waals surface area contributed by atoms with Gasteiger partial charge in [0.1, 0.15) is 19.0 Å². The summed E-state index contributed by atoms with van der Waals surface area (Å²) in [5.74, 6) is 1.95. The molecule has 6 heteroatoms. The molecule has 0 atom stereocenters. The molecule has 0 radical (unpaired) electrons. The predicted molar refractivity (Wildman–Crippen MR) is 114 cm³/mol. The van der Waals surface area contributed by atoms with E-state index in [0.29, 0.717) is 37.0 Å². The quantitative estimate of drug-likeness (QED) is 0.590. The summed E-state index contributed by atoms with van der Waals surface area (Å²) in [5.41, 5.74) is 2.97.